The first-order valence-electron chi connectivity index (χ1n) is 7.29. The number of likely N-dealkylation sites (tertiary alicyclic amines) is 1. The number of aryl methyl sites for hydroxylation is 2. The number of rotatable bonds is 3. The SMILES string of the molecule is O=C(Cc1ccc2c(c1)CCC2)N1CCCC1CO. The van der Waals surface area contributed by atoms with Crippen molar-refractivity contribution in [3.63, 3.8) is 0 Å². The molecule has 0 bridgehead atoms. The van der Waals surface area contributed by atoms with Gasteiger partial charge in [0, 0.05) is 6.54 Å². The smallest absolute Gasteiger partial charge is 0.227 e. The third-order valence-electron chi connectivity index (χ3n) is 4.43. The van der Waals surface area contributed by atoms with Crippen LogP contribution in [-0.4, -0.2) is 35.1 Å². The zero-order valence-corrected chi connectivity index (χ0v) is 11.3. The van der Waals surface area contributed by atoms with Gasteiger partial charge in [0.2, 0.25) is 5.91 Å². The number of aliphatic hydroxyl groups excluding tert-OH is 1. The molecule has 1 fully saturated rings. The largest absolute Gasteiger partial charge is 0.394 e. The van der Waals surface area contributed by atoms with E-state index in [1.165, 1.54) is 24.0 Å². The predicted molar refractivity (Wildman–Crippen MR) is 74.0 cm³/mol. The average Bonchev–Trinajstić information content (AvgIpc) is 3.06. The third-order valence-corrected chi connectivity index (χ3v) is 4.43. The normalized spacial score (nSPS) is 21.7. The fourth-order valence-electron chi connectivity index (χ4n) is 3.37. The molecule has 1 aliphatic carbocycles. The fraction of sp³-hybridized carbons (Fsp3) is 0.562. The maximum Gasteiger partial charge on any atom is 0.227 e. The Hall–Kier alpha value is -1.35. The van der Waals surface area contributed by atoms with E-state index in [1.807, 2.05) is 4.90 Å². The molecule has 1 aromatic rings. The van der Waals surface area contributed by atoms with Gasteiger partial charge in [-0.2, -0.15) is 0 Å². The minimum Gasteiger partial charge on any atom is -0.394 e. The van der Waals surface area contributed by atoms with Gasteiger partial charge in [0.15, 0.2) is 0 Å². The molecule has 1 aliphatic heterocycles. The molecule has 0 saturated carbocycles. The summed E-state index contributed by atoms with van der Waals surface area (Å²) < 4.78 is 0. The zero-order chi connectivity index (χ0) is 13.2. The van der Waals surface area contributed by atoms with Crippen molar-refractivity contribution in [2.45, 2.75) is 44.6 Å². The van der Waals surface area contributed by atoms with Gasteiger partial charge >= 0.3 is 0 Å². The van der Waals surface area contributed by atoms with Crippen LogP contribution in [0, 0.1) is 0 Å². The molecule has 0 aromatic heterocycles. The Balaban J connectivity index is 1.69. The Morgan fingerprint density at radius 3 is 2.95 bits per heavy atom. The number of fused-ring (bicyclic) bond motifs is 1. The van der Waals surface area contributed by atoms with E-state index in [1.54, 1.807) is 0 Å². The zero-order valence-electron chi connectivity index (χ0n) is 11.3. The van der Waals surface area contributed by atoms with Crippen molar-refractivity contribution in [2.75, 3.05) is 13.2 Å². The van der Waals surface area contributed by atoms with E-state index in [-0.39, 0.29) is 18.6 Å². The van der Waals surface area contributed by atoms with Crippen LogP contribution in [0.2, 0.25) is 0 Å². The van der Waals surface area contributed by atoms with Gasteiger partial charge in [-0.05, 0) is 48.8 Å². The minimum absolute atomic E-state index is 0.0435. The molecule has 1 saturated heterocycles. The molecular formula is C16H21NO2. The van der Waals surface area contributed by atoms with Crippen molar-refractivity contribution in [1.82, 2.24) is 4.90 Å². The van der Waals surface area contributed by atoms with Gasteiger partial charge in [-0.15, -0.1) is 0 Å². The second-order valence-electron chi connectivity index (χ2n) is 5.70. The second-order valence-corrected chi connectivity index (χ2v) is 5.70. The van der Waals surface area contributed by atoms with E-state index in [4.69, 9.17) is 0 Å². The summed E-state index contributed by atoms with van der Waals surface area (Å²) in [5.74, 6) is 0.162. The van der Waals surface area contributed by atoms with Gasteiger partial charge in [-0.3, -0.25) is 4.79 Å². The highest BCUT2D eigenvalue weighted by atomic mass is 16.3. The maximum atomic E-state index is 12.3. The summed E-state index contributed by atoms with van der Waals surface area (Å²) in [5.41, 5.74) is 3.99. The van der Waals surface area contributed by atoms with Crippen LogP contribution in [0.25, 0.3) is 0 Å². The molecule has 19 heavy (non-hydrogen) atoms. The average molecular weight is 259 g/mol. The minimum atomic E-state index is 0.0435. The lowest BCUT2D eigenvalue weighted by Crippen LogP contribution is -2.38. The highest BCUT2D eigenvalue weighted by molar-refractivity contribution is 5.79. The van der Waals surface area contributed by atoms with Gasteiger partial charge in [0.1, 0.15) is 0 Å². The first-order valence-corrected chi connectivity index (χ1v) is 7.29. The molecule has 1 aromatic carbocycles. The molecular weight excluding hydrogens is 238 g/mol. The number of nitrogens with zero attached hydrogens (tertiary/aromatic N) is 1. The molecule has 3 heteroatoms. The Morgan fingerprint density at radius 1 is 1.26 bits per heavy atom. The van der Waals surface area contributed by atoms with E-state index in [2.05, 4.69) is 18.2 Å². The number of hydrogen-bond donors (Lipinski definition) is 1. The second kappa shape index (κ2) is 5.33. The molecule has 1 N–H and O–H groups in total. The van der Waals surface area contributed by atoms with Crippen LogP contribution >= 0.6 is 0 Å². The summed E-state index contributed by atoms with van der Waals surface area (Å²) in [6.45, 7) is 0.894. The number of benzene rings is 1. The summed E-state index contributed by atoms with van der Waals surface area (Å²) >= 11 is 0. The van der Waals surface area contributed by atoms with Crippen LogP contribution in [0.1, 0.15) is 36.0 Å². The van der Waals surface area contributed by atoms with Gasteiger partial charge in [-0.25, -0.2) is 0 Å². The van der Waals surface area contributed by atoms with Gasteiger partial charge in [0.25, 0.3) is 0 Å². The number of carbonyl (C=O) groups is 1. The predicted octanol–water partition coefficient (Wildman–Crippen LogP) is 1.70. The van der Waals surface area contributed by atoms with E-state index >= 15 is 0 Å². The quantitative estimate of drug-likeness (QED) is 0.897. The number of amides is 1. The molecule has 0 radical (unpaired) electrons. The Kier molecular flexibility index (Phi) is 3.56. The third kappa shape index (κ3) is 2.52. The first kappa shape index (κ1) is 12.7. The van der Waals surface area contributed by atoms with E-state index in [0.717, 1.165) is 31.4 Å². The van der Waals surface area contributed by atoms with Crippen molar-refractivity contribution in [2.24, 2.45) is 0 Å². The highest BCUT2D eigenvalue weighted by Crippen LogP contribution is 2.24. The van der Waals surface area contributed by atoms with Gasteiger partial charge in [0.05, 0.1) is 19.1 Å². The molecule has 2 aliphatic rings. The Bertz CT molecular complexity index is 484. The van der Waals surface area contributed by atoms with Crippen LogP contribution < -0.4 is 0 Å². The summed E-state index contributed by atoms with van der Waals surface area (Å²) in [5, 5.41) is 9.28. The van der Waals surface area contributed by atoms with Crippen molar-refractivity contribution < 1.29 is 9.90 Å². The highest BCUT2D eigenvalue weighted by Gasteiger charge is 2.27. The molecule has 0 spiro atoms. The summed E-state index contributed by atoms with van der Waals surface area (Å²) in [4.78, 5) is 14.2. The molecule has 1 amide bonds. The standard InChI is InChI=1S/C16H21NO2/c18-11-15-5-2-8-17(15)16(19)10-12-6-7-13-3-1-4-14(13)9-12/h6-7,9,15,18H,1-5,8,10-11H2. The molecule has 1 unspecified atom stereocenters. The first-order chi connectivity index (χ1) is 9.28. The van der Waals surface area contributed by atoms with Crippen molar-refractivity contribution in [3.05, 3.63) is 34.9 Å². The Labute approximate surface area is 114 Å². The van der Waals surface area contributed by atoms with E-state index < -0.39 is 0 Å². The summed E-state index contributed by atoms with van der Waals surface area (Å²) in [7, 11) is 0. The fourth-order valence-corrected chi connectivity index (χ4v) is 3.37. The molecule has 1 atom stereocenters. The van der Waals surface area contributed by atoms with Crippen molar-refractivity contribution in [3.8, 4) is 0 Å². The van der Waals surface area contributed by atoms with E-state index in [0.29, 0.717) is 6.42 Å². The lowest BCUT2D eigenvalue weighted by molar-refractivity contribution is -0.131. The van der Waals surface area contributed by atoms with Crippen molar-refractivity contribution >= 4 is 5.91 Å². The van der Waals surface area contributed by atoms with Crippen LogP contribution in [0.4, 0.5) is 0 Å². The molecule has 102 valence electrons. The van der Waals surface area contributed by atoms with Gasteiger partial charge in [-0.1, -0.05) is 18.2 Å². The lowest BCUT2D eigenvalue weighted by atomic mass is 10.0. The lowest BCUT2D eigenvalue weighted by Gasteiger charge is -2.23. The topological polar surface area (TPSA) is 40.5 Å². The summed E-state index contributed by atoms with van der Waals surface area (Å²) in [6, 6.07) is 6.51. The van der Waals surface area contributed by atoms with Crippen LogP contribution in [0.15, 0.2) is 18.2 Å². The monoisotopic (exact) mass is 259 g/mol. The Morgan fingerprint density at radius 2 is 2.11 bits per heavy atom. The molecule has 3 rings (SSSR count). The van der Waals surface area contributed by atoms with Gasteiger partial charge < -0.3 is 10.0 Å². The van der Waals surface area contributed by atoms with Crippen LogP contribution in [0.5, 0.6) is 0 Å². The maximum absolute atomic E-state index is 12.3. The van der Waals surface area contributed by atoms with Crippen molar-refractivity contribution in [1.29, 1.82) is 0 Å². The molecule has 1 heterocycles. The van der Waals surface area contributed by atoms with Crippen LogP contribution in [-0.2, 0) is 24.1 Å². The molecule has 3 nitrogen and oxygen atoms in total. The number of aliphatic hydroxyl groups is 1. The number of hydrogen-bond acceptors (Lipinski definition) is 2. The van der Waals surface area contributed by atoms with Crippen LogP contribution in [0.3, 0.4) is 0 Å². The van der Waals surface area contributed by atoms with E-state index in [9.17, 15) is 9.90 Å². The number of carbonyl (C=O) groups excluding carboxylic acids is 1. The summed E-state index contributed by atoms with van der Waals surface area (Å²) in [6.07, 6.45) is 6.01.